The zero-order valence-electron chi connectivity index (χ0n) is 9.31. The van der Waals surface area contributed by atoms with Gasteiger partial charge in [0, 0.05) is 26.1 Å². The normalized spacial score (nSPS) is 15.9. The number of rotatable bonds is 1. The number of carbonyl (C=O) groups is 1. The molecule has 1 amide bonds. The lowest BCUT2D eigenvalue weighted by molar-refractivity contribution is -0.120. The number of anilines is 2. The molecule has 6 heteroatoms. The first-order valence-corrected chi connectivity index (χ1v) is 5.38. The third-order valence-corrected chi connectivity index (χ3v) is 2.62. The van der Waals surface area contributed by atoms with Crippen LogP contribution >= 0.6 is 0 Å². The maximum absolute atomic E-state index is 11.2. The second-order valence-electron chi connectivity index (χ2n) is 3.84. The molecule has 0 atom stereocenters. The van der Waals surface area contributed by atoms with Gasteiger partial charge < -0.3 is 16.0 Å². The summed E-state index contributed by atoms with van der Waals surface area (Å²) in [5.41, 5.74) is 6.50. The van der Waals surface area contributed by atoms with E-state index in [1.807, 2.05) is 4.90 Å². The molecule has 6 nitrogen and oxygen atoms in total. The van der Waals surface area contributed by atoms with Gasteiger partial charge >= 0.3 is 0 Å². The van der Waals surface area contributed by atoms with Crippen molar-refractivity contribution in [2.75, 3.05) is 30.3 Å². The first kappa shape index (κ1) is 11.2. The van der Waals surface area contributed by atoms with Crippen LogP contribution in [0, 0.1) is 11.3 Å². The van der Waals surface area contributed by atoms with Gasteiger partial charge in [0.2, 0.25) is 5.91 Å². The quantitative estimate of drug-likeness (QED) is 0.701. The highest BCUT2D eigenvalue weighted by atomic mass is 16.1. The van der Waals surface area contributed by atoms with Crippen LogP contribution in [-0.4, -0.2) is 30.5 Å². The topological polar surface area (TPSA) is 95.0 Å². The molecule has 0 bridgehead atoms. The average molecular weight is 231 g/mol. The van der Waals surface area contributed by atoms with Crippen molar-refractivity contribution >= 4 is 17.4 Å². The Bertz CT molecular complexity index is 479. The van der Waals surface area contributed by atoms with Crippen molar-refractivity contribution in [1.29, 1.82) is 5.26 Å². The standard InChI is InChI=1S/C11H13N5O/c12-6-8-5-9(13)7-15-11(8)16-3-1-10(17)14-2-4-16/h5,7H,1-4,13H2,(H,14,17). The second kappa shape index (κ2) is 4.70. The zero-order valence-corrected chi connectivity index (χ0v) is 9.31. The molecule has 2 rings (SSSR count). The molecule has 0 radical (unpaired) electrons. The van der Waals surface area contributed by atoms with Crippen LogP contribution in [0.2, 0.25) is 0 Å². The van der Waals surface area contributed by atoms with Crippen LogP contribution in [0.3, 0.4) is 0 Å². The SMILES string of the molecule is N#Cc1cc(N)cnc1N1CCNC(=O)CC1. The number of carbonyl (C=O) groups excluding carboxylic acids is 1. The van der Waals surface area contributed by atoms with E-state index in [1.54, 1.807) is 6.07 Å². The van der Waals surface area contributed by atoms with Crippen molar-refractivity contribution < 1.29 is 4.79 Å². The minimum atomic E-state index is 0.0291. The number of hydrogen-bond donors (Lipinski definition) is 2. The summed E-state index contributed by atoms with van der Waals surface area (Å²) in [5, 5.41) is 11.8. The van der Waals surface area contributed by atoms with Gasteiger partial charge in [0.15, 0.2) is 0 Å². The molecule has 88 valence electrons. The lowest BCUT2D eigenvalue weighted by atomic mass is 10.2. The van der Waals surface area contributed by atoms with Gasteiger partial charge in [-0.2, -0.15) is 5.26 Å². The van der Waals surface area contributed by atoms with Gasteiger partial charge in [-0.1, -0.05) is 0 Å². The molecular weight excluding hydrogens is 218 g/mol. The van der Waals surface area contributed by atoms with Crippen molar-refractivity contribution in [2.45, 2.75) is 6.42 Å². The molecule has 1 aromatic rings. The minimum absolute atomic E-state index is 0.0291. The summed E-state index contributed by atoms with van der Waals surface area (Å²) in [7, 11) is 0. The largest absolute Gasteiger partial charge is 0.397 e. The average Bonchev–Trinajstić information content (AvgIpc) is 2.54. The first-order chi connectivity index (χ1) is 8.20. The van der Waals surface area contributed by atoms with Gasteiger partial charge in [-0.25, -0.2) is 4.98 Å². The Labute approximate surface area is 99.0 Å². The van der Waals surface area contributed by atoms with Gasteiger partial charge in [-0.3, -0.25) is 4.79 Å². The fourth-order valence-corrected chi connectivity index (χ4v) is 1.79. The summed E-state index contributed by atoms with van der Waals surface area (Å²) in [6, 6.07) is 3.68. The molecule has 1 saturated heterocycles. The highest BCUT2D eigenvalue weighted by Crippen LogP contribution is 2.19. The number of nitrogens with zero attached hydrogens (tertiary/aromatic N) is 3. The Balaban J connectivity index is 2.27. The number of nitrogens with one attached hydrogen (secondary N) is 1. The van der Waals surface area contributed by atoms with Crippen molar-refractivity contribution in [3.8, 4) is 6.07 Å². The van der Waals surface area contributed by atoms with E-state index >= 15 is 0 Å². The second-order valence-corrected chi connectivity index (χ2v) is 3.84. The maximum Gasteiger partial charge on any atom is 0.221 e. The highest BCUT2D eigenvalue weighted by molar-refractivity contribution is 5.77. The molecular formula is C11H13N5O. The molecule has 17 heavy (non-hydrogen) atoms. The highest BCUT2D eigenvalue weighted by Gasteiger charge is 2.17. The smallest absolute Gasteiger partial charge is 0.221 e. The van der Waals surface area contributed by atoms with Gasteiger partial charge in [-0.05, 0) is 6.07 Å². The Kier molecular flexibility index (Phi) is 3.10. The van der Waals surface area contributed by atoms with Gasteiger partial charge in [0.25, 0.3) is 0 Å². The summed E-state index contributed by atoms with van der Waals surface area (Å²) in [6.45, 7) is 1.78. The number of nitriles is 1. The summed E-state index contributed by atoms with van der Waals surface area (Å²) in [4.78, 5) is 17.3. The Hall–Kier alpha value is -2.29. The molecule has 0 aliphatic carbocycles. The molecule has 3 N–H and O–H groups in total. The van der Waals surface area contributed by atoms with Crippen molar-refractivity contribution in [3.05, 3.63) is 17.8 Å². The van der Waals surface area contributed by atoms with Crippen LogP contribution in [0.25, 0.3) is 0 Å². The van der Waals surface area contributed by atoms with E-state index in [1.165, 1.54) is 6.20 Å². The van der Waals surface area contributed by atoms with E-state index in [-0.39, 0.29) is 5.91 Å². The number of nitrogens with two attached hydrogens (primary N) is 1. The van der Waals surface area contributed by atoms with Gasteiger partial charge in [-0.15, -0.1) is 0 Å². The number of hydrogen-bond acceptors (Lipinski definition) is 5. The Morgan fingerprint density at radius 1 is 1.53 bits per heavy atom. The molecule has 0 aromatic carbocycles. The van der Waals surface area contributed by atoms with Crippen LogP contribution in [0.15, 0.2) is 12.3 Å². The van der Waals surface area contributed by atoms with Crippen LogP contribution in [0.4, 0.5) is 11.5 Å². The number of aromatic nitrogens is 1. The summed E-state index contributed by atoms with van der Waals surface area (Å²) in [6.07, 6.45) is 1.94. The Morgan fingerprint density at radius 3 is 3.12 bits per heavy atom. The van der Waals surface area contributed by atoms with Crippen molar-refractivity contribution in [1.82, 2.24) is 10.3 Å². The minimum Gasteiger partial charge on any atom is -0.397 e. The van der Waals surface area contributed by atoms with Crippen molar-refractivity contribution in [3.63, 3.8) is 0 Å². The molecule has 0 unspecified atom stereocenters. The summed E-state index contributed by atoms with van der Waals surface area (Å²) >= 11 is 0. The lowest BCUT2D eigenvalue weighted by Crippen LogP contribution is -2.29. The van der Waals surface area contributed by atoms with Gasteiger partial charge in [0.1, 0.15) is 11.9 Å². The third-order valence-electron chi connectivity index (χ3n) is 2.62. The fraction of sp³-hybridized carbons (Fsp3) is 0.364. The molecule has 1 aliphatic heterocycles. The lowest BCUT2D eigenvalue weighted by Gasteiger charge is -2.21. The fourth-order valence-electron chi connectivity index (χ4n) is 1.79. The number of nitrogen functional groups attached to an aromatic ring is 1. The van der Waals surface area contributed by atoms with E-state index in [9.17, 15) is 4.79 Å². The summed E-state index contributed by atoms with van der Waals surface area (Å²) < 4.78 is 0. The third kappa shape index (κ3) is 2.45. The Morgan fingerprint density at radius 2 is 2.35 bits per heavy atom. The predicted octanol–water partition coefficient (Wildman–Crippen LogP) is -0.138. The summed E-state index contributed by atoms with van der Waals surface area (Å²) in [5.74, 6) is 0.625. The first-order valence-electron chi connectivity index (χ1n) is 5.38. The number of pyridine rings is 1. The molecule has 1 fully saturated rings. The molecule has 1 aliphatic rings. The predicted molar refractivity (Wildman–Crippen MR) is 63.2 cm³/mol. The van der Waals surface area contributed by atoms with E-state index < -0.39 is 0 Å². The van der Waals surface area contributed by atoms with E-state index in [0.29, 0.717) is 43.1 Å². The van der Waals surface area contributed by atoms with E-state index in [0.717, 1.165) is 0 Å². The molecule has 2 heterocycles. The van der Waals surface area contributed by atoms with Crippen LogP contribution in [0.5, 0.6) is 0 Å². The maximum atomic E-state index is 11.2. The van der Waals surface area contributed by atoms with E-state index in [2.05, 4.69) is 16.4 Å². The molecule has 0 saturated carbocycles. The zero-order chi connectivity index (χ0) is 12.3. The van der Waals surface area contributed by atoms with Crippen LogP contribution in [-0.2, 0) is 4.79 Å². The molecule has 1 aromatic heterocycles. The van der Waals surface area contributed by atoms with E-state index in [4.69, 9.17) is 11.0 Å². The van der Waals surface area contributed by atoms with Crippen LogP contribution in [0.1, 0.15) is 12.0 Å². The number of amides is 1. The van der Waals surface area contributed by atoms with Crippen LogP contribution < -0.4 is 16.0 Å². The van der Waals surface area contributed by atoms with Gasteiger partial charge in [0.05, 0.1) is 17.4 Å². The monoisotopic (exact) mass is 231 g/mol. The van der Waals surface area contributed by atoms with Crippen molar-refractivity contribution in [2.24, 2.45) is 0 Å². The molecule has 0 spiro atoms.